The summed E-state index contributed by atoms with van der Waals surface area (Å²) in [5.74, 6) is -4.39. The van der Waals surface area contributed by atoms with Crippen molar-refractivity contribution in [2.45, 2.75) is 12.8 Å². The Morgan fingerprint density at radius 2 is 1.04 bits per heavy atom. The third-order valence-electron chi connectivity index (χ3n) is 8.24. The first kappa shape index (κ1) is 35.8. The first-order valence-corrected chi connectivity index (χ1v) is 18.2. The molecule has 4 aliphatic carbocycles. The van der Waals surface area contributed by atoms with E-state index in [1.165, 1.54) is 97.1 Å². The van der Waals surface area contributed by atoms with Crippen molar-refractivity contribution in [3.8, 4) is 0 Å². The van der Waals surface area contributed by atoms with Crippen LogP contribution >= 0.6 is 0 Å². The number of amides is 4. The number of aliphatic imine (C=N–C) groups is 2. The third-order valence-corrected chi connectivity index (χ3v) is 10.2. The molecule has 2 unspecified atom stereocenters. The number of urea groups is 1. The van der Waals surface area contributed by atoms with E-state index in [1.54, 1.807) is 0 Å². The molecule has 0 aromatic heterocycles. The predicted octanol–water partition coefficient (Wildman–Crippen LogP) is 4.21. The zero-order valence-electron chi connectivity index (χ0n) is 26.6. The number of hydrogen-bond donors (Lipinski definition) is 4. The van der Waals surface area contributed by atoms with E-state index >= 15 is 0 Å². The van der Waals surface area contributed by atoms with Gasteiger partial charge in [-0.05, 0) is 84.7 Å². The second-order valence-corrected chi connectivity index (χ2v) is 14.4. The number of benzene rings is 2. The van der Waals surface area contributed by atoms with Gasteiger partial charge in [0.2, 0.25) is 0 Å². The lowest BCUT2D eigenvalue weighted by Gasteiger charge is -2.24. The molecule has 0 aliphatic heterocycles. The summed E-state index contributed by atoms with van der Waals surface area (Å²) in [6.45, 7) is 0. The maximum Gasteiger partial charge on any atom is 0.323 e. The Labute approximate surface area is 296 Å². The number of hydrogen-bond acceptors (Lipinski definition) is 9. The van der Waals surface area contributed by atoms with E-state index in [-0.39, 0.29) is 69.5 Å². The average Bonchev–Trinajstić information content (AvgIpc) is 3.07. The summed E-state index contributed by atoms with van der Waals surface area (Å²) in [6, 6.07) is 10.2. The zero-order valence-corrected chi connectivity index (χ0v) is 28.2. The number of nitrogens with one attached hydrogen (secondary N) is 2. The highest BCUT2D eigenvalue weighted by Gasteiger charge is 2.36. The summed E-state index contributed by atoms with van der Waals surface area (Å²) in [5, 5.41) is 5.04. The minimum atomic E-state index is -4.87. The molecule has 4 aliphatic rings. The van der Waals surface area contributed by atoms with Crippen molar-refractivity contribution in [2.24, 2.45) is 21.8 Å². The standard InChI is InChI=1S/C35H26N4O11S2/c40-29-11-3-9-25-23(29)13-15-27(31(25)51(45,46)47)38-33(42)19-5-1-7-21(17-19)36-35(44)37-22-8-2-6-20(18-22)34(43)39-28-16-14-24-26(10-4-12-30(24)41)32(28)52(48,49)50/h1-8,11-18,23-24H,9-10H2,(H2,36,37,44)(H,45,46,47)(H,48,49,50). The van der Waals surface area contributed by atoms with Crippen molar-refractivity contribution < 1.29 is 49.9 Å². The van der Waals surface area contributed by atoms with Gasteiger partial charge in [-0.1, -0.05) is 36.4 Å². The Bertz CT molecular complexity index is 2300. The molecule has 0 fully saturated rings. The Kier molecular flexibility index (Phi) is 9.61. The maximum atomic E-state index is 13.1. The number of anilines is 2. The average molecular weight is 743 g/mol. The largest absolute Gasteiger partial charge is 0.323 e. The Balaban J connectivity index is 1.17. The number of allylic oxidation sites excluding steroid dienone is 12. The molecule has 0 saturated carbocycles. The molecule has 0 spiro atoms. The quantitative estimate of drug-likeness (QED) is 0.306. The highest BCUT2D eigenvalue weighted by Crippen LogP contribution is 2.35. The lowest BCUT2D eigenvalue weighted by molar-refractivity contribution is -0.117. The number of carbonyl (C=O) groups is 5. The molecule has 0 radical (unpaired) electrons. The molecule has 0 heterocycles. The van der Waals surface area contributed by atoms with Gasteiger partial charge < -0.3 is 10.6 Å². The highest BCUT2D eigenvalue weighted by molar-refractivity contribution is 7.91. The van der Waals surface area contributed by atoms with Crippen molar-refractivity contribution in [1.82, 2.24) is 0 Å². The van der Waals surface area contributed by atoms with Gasteiger partial charge in [0.1, 0.15) is 9.81 Å². The van der Waals surface area contributed by atoms with E-state index in [2.05, 4.69) is 20.6 Å². The monoisotopic (exact) mass is 742 g/mol. The van der Waals surface area contributed by atoms with Crippen LogP contribution < -0.4 is 10.6 Å². The molecule has 4 amide bonds. The van der Waals surface area contributed by atoms with Crippen LogP contribution in [0.15, 0.2) is 128 Å². The molecule has 2 aromatic rings. The Morgan fingerprint density at radius 3 is 1.42 bits per heavy atom. The lowest BCUT2D eigenvalue weighted by atomic mass is 9.83. The number of rotatable bonds is 6. The lowest BCUT2D eigenvalue weighted by Crippen LogP contribution is -2.27. The summed E-state index contributed by atoms with van der Waals surface area (Å²) in [5.41, 5.74) is -0.377. The van der Waals surface area contributed by atoms with Gasteiger partial charge in [-0.3, -0.25) is 28.3 Å². The molecule has 15 nitrogen and oxygen atoms in total. The number of nitrogens with zero attached hydrogens (tertiary/aromatic N) is 2. The highest BCUT2D eigenvalue weighted by atomic mass is 32.2. The molecule has 0 saturated heterocycles. The molecule has 2 aromatic carbocycles. The fraction of sp³-hybridized carbons (Fsp3) is 0.114. The normalized spacial score (nSPS) is 21.3. The van der Waals surface area contributed by atoms with E-state index < -0.39 is 59.7 Å². The molecule has 4 N–H and O–H groups in total. The first-order valence-electron chi connectivity index (χ1n) is 15.3. The minimum absolute atomic E-state index is 0.0506. The summed E-state index contributed by atoms with van der Waals surface area (Å²) < 4.78 is 68.9. The summed E-state index contributed by atoms with van der Waals surface area (Å²) in [7, 11) is -9.74. The van der Waals surface area contributed by atoms with E-state index in [0.29, 0.717) is 0 Å². The van der Waals surface area contributed by atoms with Crippen LogP contribution in [0.3, 0.4) is 0 Å². The number of carbonyl (C=O) groups excluding carboxylic acids is 5. The van der Waals surface area contributed by atoms with E-state index in [4.69, 9.17) is 0 Å². The summed E-state index contributed by atoms with van der Waals surface area (Å²) >= 11 is 0. The van der Waals surface area contributed by atoms with Crippen LogP contribution in [-0.4, -0.2) is 66.8 Å². The second kappa shape index (κ2) is 14.0. The molecular weight excluding hydrogens is 717 g/mol. The van der Waals surface area contributed by atoms with Gasteiger partial charge >= 0.3 is 6.03 Å². The molecule has 0 bridgehead atoms. The van der Waals surface area contributed by atoms with Gasteiger partial charge in [-0.25, -0.2) is 14.8 Å². The van der Waals surface area contributed by atoms with Crippen molar-refractivity contribution in [2.75, 3.05) is 10.6 Å². The topological polar surface area (TPSA) is 243 Å². The van der Waals surface area contributed by atoms with E-state index in [9.17, 15) is 49.9 Å². The molecule has 264 valence electrons. The van der Waals surface area contributed by atoms with Crippen molar-refractivity contribution in [1.29, 1.82) is 0 Å². The molecule has 17 heteroatoms. The molecule has 52 heavy (non-hydrogen) atoms. The predicted molar refractivity (Wildman–Crippen MR) is 189 cm³/mol. The van der Waals surface area contributed by atoms with Gasteiger partial charge in [0, 0.05) is 22.5 Å². The fourth-order valence-corrected chi connectivity index (χ4v) is 7.87. The van der Waals surface area contributed by atoms with E-state index in [0.717, 1.165) is 0 Å². The van der Waals surface area contributed by atoms with Gasteiger partial charge in [-0.2, -0.15) is 16.8 Å². The van der Waals surface area contributed by atoms with Gasteiger partial charge in [0.25, 0.3) is 32.1 Å². The third kappa shape index (κ3) is 7.52. The summed E-state index contributed by atoms with van der Waals surface area (Å²) in [4.78, 5) is 70.1. The smallest absolute Gasteiger partial charge is 0.308 e. The van der Waals surface area contributed by atoms with E-state index in [1.807, 2.05) is 0 Å². The molecule has 6 rings (SSSR count). The van der Waals surface area contributed by atoms with Crippen molar-refractivity contribution in [3.63, 3.8) is 0 Å². The van der Waals surface area contributed by atoms with Crippen LogP contribution in [0.1, 0.15) is 33.6 Å². The van der Waals surface area contributed by atoms with Crippen LogP contribution in [0.4, 0.5) is 16.2 Å². The second-order valence-electron chi connectivity index (χ2n) is 11.7. The first-order chi connectivity index (χ1) is 24.6. The van der Waals surface area contributed by atoms with Gasteiger partial charge in [-0.15, -0.1) is 0 Å². The zero-order chi connectivity index (χ0) is 37.4. The van der Waals surface area contributed by atoms with Gasteiger partial charge in [0.05, 0.1) is 23.3 Å². The van der Waals surface area contributed by atoms with Gasteiger partial charge in [0.15, 0.2) is 11.6 Å². The minimum Gasteiger partial charge on any atom is -0.308 e. The number of fused-ring (bicyclic) bond motifs is 2. The molecule has 2 atom stereocenters. The van der Waals surface area contributed by atoms with Crippen molar-refractivity contribution >= 4 is 72.4 Å². The maximum absolute atomic E-state index is 13.1. The SMILES string of the molecule is O=C(Nc1cccc(C(=O)N=C2C=CC3C(=O)C=CCC3=C2S(=O)(=O)O)c1)Nc1cccc(C(=O)N=C2C=CC3C(=O)C=CCC3=C2S(=O)(=O)O)c1. The fourth-order valence-electron chi connectivity index (χ4n) is 6.03. The molecular formula is C35H26N4O11S2. The Hall–Kier alpha value is -6.01. The van der Waals surface area contributed by atoms with Crippen LogP contribution in [0.25, 0.3) is 0 Å². The number of ketones is 2. The Morgan fingerprint density at radius 1 is 0.635 bits per heavy atom. The van der Waals surface area contributed by atoms with Crippen LogP contribution in [-0.2, 0) is 29.8 Å². The van der Waals surface area contributed by atoms with Crippen LogP contribution in [0.5, 0.6) is 0 Å². The van der Waals surface area contributed by atoms with Crippen molar-refractivity contribution in [3.05, 3.63) is 129 Å². The van der Waals surface area contributed by atoms with Crippen LogP contribution in [0, 0.1) is 11.8 Å². The summed E-state index contributed by atoms with van der Waals surface area (Å²) in [6.07, 6.45) is 10.8. The van der Waals surface area contributed by atoms with Crippen LogP contribution in [0.2, 0.25) is 0 Å².